The van der Waals surface area contributed by atoms with Crippen molar-refractivity contribution in [2.24, 2.45) is 17.8 Å². The number of aromatic hydroxyl groups is 1. The van der Waals surface area contributed by atoms with Crippen LogP contribution in [0.25, 0.3) is 6.08 Å². The normalized spacial score (nSPS) is 28.8. The van der Waals surface area contributed by atoms with E-state index in [1.54, 1.807) is 12.1 Å². The van der Waals surface area contributed by atoms with Gasteiger partial charge >= 0.3 is 11.9 Å². The monoisotopic (exact) mass is 462 g/mol. The molecule has 0 amide bonds. The zero-order valence-corrected chi connectivity index (χ0v) is 18.6. The summed E-state index contributed by atoms with van der Waals surface area (Å²) in [6, 6.07) is 6.16. The van der Waals surface area contributed by atoms with Gasteiger partial charge in [-0.15, -0.1) is 0 Å². The van der Waals surface area contributed by atoms with Crippen molar-refractivity contribution in [3.8, 4) is 5.75 Å². The van der Waals surface area contributed by atoms with Gasteiger partial charge in [-0.1, -0.05) is 26.0 Å². The second-order valence-electron chi connectivity index (χ2n) is 8.85. The highest BCUT2D eigenvalue weighted by molar-refractivity contribution is 5.87. The summed E-state index contributed by atoms with van der Waals surface area (Å²) in [5, 5.41) is 41.0. The van der Waals surface area contributed by atoms with Crippen LogP contribution in [0.15, 0.2) is 42.2 Å². The van der Waals surface area contributed by atoms with E-state index in [2.05, 4.69) is 0 Å². The molecule has 1 aliphatic heterocycles. The lowest BCUT2D eigenvalue weighted by Gasteiger charge is -2.40. The summed E-state index contributed by atoms with van der Waals surface area (Å²) in [7, 11) is 0. The fourth-order valence-electron chi connectivity index (χ4n) is 4.24. The molecule has 0 unspecified atom stereocenters. The van der Waals surface area contributed by atoms with Crippen LogP contribution in [0.5, 0.6) is 5.75 Å². The molecule has 1 aromatic carbocycles. The summed E-state index contributed by atoms with van der Waals surface area (Å²) >= 11 is 0. The first-order chi connectivity index (χ1) is 15.6. The third-order valence-corrected chi connectivity index (χ3v) is 5.94. The van der Waals surface area contributed by atoms with E-state index in [1.807, 2.05) is 13.8 Å². The van der Waals surface area contributed by atoms with Crippen LogP contribution in [0.3, 0.4) is 0 Å². The highest BCUT2D eigenvalue weighted by Crippen LogP contribution is 2.49. The topological polar surface area (TPSA) is 143 Å². The Kier molecular flexibility index (Phi) is 7.78. The van der Waals surface area contributed by atoms with Gasteiger partial charge in [-0.2, -0.15) is 0 Å². The standard InChI is InChI=1S/C24H30O9/c1-14(2)9-21(29)33-23-22-18(16(11-25)12-31-23)10-19(27)24(22,30)13-32-20(28)8-5-15-3-6-17(26)7-4-15/h3-8,12,14,18-19,22-23,25-27,30H,9-11,13H2,1-2H3/b8-5-/t18-,19+,22-,23+,24-/m1/s1. The van der Waals surface area contributed by atoms with E-state index >= 15 is 0 Å². The van der Waals surface area contributed by atoms with Crippen LogP contribution < -0.4 is 0 Å². The van der Waals surface area contributed by atoms with E-state index in [0.717, 1.165) is 6.08 Å². The number of hydrogen-bond acceptors (Lipinski definition) is 9. The summed E-state index contributed by atoms with van der Waals surface area (Å²) in [5.41, 5.74) is -0.853. The number of phenols is 1. The van der Waals surface area contributed by atoms with Crippen LogP contribution in [0.1, 0.15) is 32.3 Å². The quantitative estimate of drug-likeness (QED) is 0.334. The molecule has 0 bridgehead atoms. The van der Waals surface area contributed by atoms with E-state index in [-0.39, 0.29) is 31.1 Å². The Labute approximate surface area is 191 Å². The molecule has 1 fully saturated rings. The van der Waals surface area contributed by atoms with Crippen molar-refractivity contribution in [3.63, 3.8) is 0 Å². The number of rotatable bonds is 8. The van der Waals surface area contributed by atoms with Crippen LogP contribution in [0.2, 0.25) is 0 Å². The molecule has 1 saturated carbocycles. The van der Waals surface area contributed by atoms with Gasteiger partial charge in [-0.3, -0.25) is 4.79 Å². The molecule has 9 nitrogen and oxygen atoms in total. The molecule has 1 heterocycles. The molecule has 4 N–H and O–H groups in total. The summed E-state index contributed by atoms with van der Waals surface area (Å²) in [4.78, 5) is 24.5. The SMILES string of the molecule is CC(C)CC(=O)O[C@@H]1OC=C(CO)[C@H]2C[C@H](O)[C@](O)(COC(=O)/C=C\c3ccc(O)cc3)[C@@H]12. The molecule has 5 atom stereocenters. The minimum absolute atomic E-state index is 0.0507. The Morgan fingerprint density at radius 3 is 2.61 bits per heavy atom. The Balaban J connectivity index is 1.73. The molecule has 0 spiro atoms. The van der Waals surface area contributed by atoms with Crippen molar-refractivity contribution in [2.75, 3.05) is 13.2 Å². The predicted molar refractivity (Wildman–Crippen MR) is 116 cm³/mol. The average Bonchev–Trinajstić information content (AvgIpc) is 3.03. The smallest absolute Gasteiger partial charge is 0.330 e. The molecule has 2 aliphatic rings. The number of aliphatic hydroxyl groups excluding tert-OH is 2. The van der Waals surface area contributed by atoms with Gasteiger partial charge in [0.1, 0.15) is 18.0 Å². The zero-order chi connectivity index (χ0) is 24.2. The van der Waals surface area contributed by atoms with E-state index in [0.29, 0.717) is 11.1 Å². The maximum Gasteiger partial charge on any atom is 0.330 e. The first kappa shape index (κ1) is 24.8. The van der Waals surface area contributed by atoms with Gasteiger partial charge in [0.05, 0.1) is 24.9 Å². The lowest BCUT2D eigenvalue weighted by atomic mass is 9.80. The van der Waals surface area contributed by atoms with E-state index in [1.165, 1.54) is 24.5 Å². The zero-order valence-electron chi connectivity index (χ0n) is 18.6. The molecule has 3 rings (SSSR count). The Bertz CT molecular complexity index is 905. The number of carbonyl (C=O) groups is 2. The maximum absolute atomic E-state index is 12.2. The summed E-state index contributed by atoms with van der Waals surface area (Å²) < 4.78 is 16.2. The van der Waals surface area contributed by atoms with Crippen molar-refractivity contribution in [2.45, 2.75) is 44.7 Å². The number of phenolic OH excluding ortho intramolecular Hbond substituents is 1. The second kappa shape index (κ2) is 10.4. The number of benzene rings is 1. The predicted octanol–water partition coefficient (Wildman–Crippen LogP) is 1.50. The Morgan fingerprint density at radius 2 is 1.97 bits per heavy atom. The van der Waals surface area contributed by atoms with Crippen molar-refractivity contribution < 1.29 is 44.2 Å². The molecule has 1 aromatic rings. The van der Waals surface area contributed by atoms with Gasteiger partial charge < -0.3 is 34.6 Å². The lowest BCUT2D eigenvalue weighted by Crippen LogP contribution is -2.54. The van der Waals surface area contributed by atoms with Gasteiger partial charge in [0.2, 0.25) is 6.29 Å². The van der Waals surface area contributed by atoms with Crippen LogP contribution in [0.4, 0.5) is 0 Å². The largest absolute Gasteiger partial charge is 0.508 e. The fourth-order valence-corrected chi connectivity index (χ4v) is 4.24. The minimum Gasteiger partial charge on any atom is -0.508 e. The Hall–Kier alpha value is -2.88. The van der Waals surface area contributed by atoms with Gasteiger partial charge in [0.25, 0.3) is 0 Å². The lowest BCUT2D eigenvalue weighted by molar-refractivity contribution is -0.221. The Morgan fingerprint density at radius 1 is 1.27 bits per heavy atom. The highest BCUT2D eigenvalue weighted by atomic mass is 16.7. The van der Waals surface area contributed by atoms with Crippen LogP contribution >= 0.6 is 0 Å². The molecular formula is C24H30O9. The number of hydrogen-bond donors (Lipinski definition) is 4. The molecule has 0 radical (unpaired) electrons. The van der Waals surface area contributed by atoms with Gasteiger partial charge in [0, 0.05) is 18.4 Å². The molecule has 1 aliphatic carbocycles. The maximum atomic E-state index is 12.2. The number of aliphatic hydroxyl groups is 3. The van der Waals surface area contributed by atoms with Crippen molar-refractivity contribution in [3.05, 3.63) is 47.7 Å². The molecule has 0 aromatic heterocycles. The summed E-state index contributed by atoms with van der Waals surface area (Å²) in [6.45, 7) is 2.80. The first-order valence-corrected chi connectivity index (χ1v) is 10.8. The number of carbonyl (C=O) groups excluding carboxylic acids is 2. The molecule has 33 heavy (non-hydrogen) atoms. The summed E-state index contributed by atoms with van der Waals surface area (Å²) in [6.07, 6.45) is 1.65. The number of esters is 2. The molecular weight excluding hydrogens is 432 g/mol. The number of fused-ring (bicyclic) bond motifs is 1. The van der Waals surface area contributed by atoms with Crippen molar-refractivity contribution in [1.82, 2.24) is 0 Å². The van der Waals surface area contributed by atoms with E-state index in [9.17, 15) is 30.0 Å². The second-order valence-corrected chi connectivity index (χ2v) is 8.85. The highest BCUT2D eigenvalue weighted by Gasteiger charge is 2.61. The average molecular weight is 462 g/mol. The molecule has 9 heteroatoms. The van der Waals surface area contributed by atoms with Gasteiger partial charge in [0.15, 0.2) is 0 Å². The first-order valence-electron chi connectivity index (χ1n) is 10.8. The fraction of sp³-hybridized carbons (Fsp3) is 0.500. The summed E-state index contributed by atoms with van der Waals surface area (Å²) in [5.74, 6) is -2.59. The minimum atomic E-state index is -1.95. The van der Waals surface area contributed by atoms with Crippen molar-refractivity contribution >= 4 is 18.0 Å². The van der Waals surface area contributed by atoms with E-state index in [4.69, 9.17) is 14.2 Å². The number of ether oxygens (including phenoxy) is 3. The van der Waals surface area contributed by atoms with Gasteiger partial charge in [-0.05, 0) is 41.7 Å². The van der Waals surface area contributed by atoms with Crippen LogP contribution in [-0.4, -0.2) is 63.6 Å². The third-order valence-electron chi connectivity index (χ3n) is 5.94. The van der Waals surface area contributed by atoms with Crippen molar-refractivity contribution in [1.29, 1.82) is 0 Å². The molecule has 0 saturated heterocycles. The third kappa shape index (κ3) is 5.73. The van der Waals surface area contributed by atoms with E-state index < -0.39 is 48.4 Å². The molecule has 180 valence electrons. The van der Waals surface area contributed by atoms with Crippen LogP contribution in [-0.2, 0) is 23.8 Å². The van der Waals surface area contributed by atoms with Crippen LogP contribution in [0, 0.1) is 17.8 Å². The van der Waals surface area contributed by atoms with Gasteiger partial charge in [-0.25, -0.2) is 4.79 Å².